The molecule has 0 saturated heterocycles. The van der Waals surface area contributed by atoms with Gasteiger partial charge in [-0.3, -0.25) is 30.0 Å². The molecule has 0 atom stereocenters. The summed E-state index contributed by atoms with van der Waals surface area (Å²) in [5.41, 5.74) is -0.639. The Labute approximate surface area is 123 Å². The van der Waals surface area contributed by atoms with Crippen LogP contribution in [-0.2, 0) is 0 Å². The van der Waals surface area contributed by atoms with E-state index in [2.05, 4.69) is 10.3 Å². The highest BCUT2D eigenvalue weighted by molar-refractivity contribution is 6.06. The number of nitro groups is 2. The topological polar surface area (TPSA) is 128 Å². The number of nitro benzene ring substituents is 2. The number of carbonyl (C=O) groups excluding carboxylic acids is 1. The van der Waals surface area contributed by atoms with Crippen molar-refractivity contribution < 1.29 is 14.6 Å². The highest BCUT2D eigenvalue weighted by Crippen LogP contribution is 2.28. The van der Waals surface area contributed by atoms with Crippen LogP contribution in [0.4, 0.5) is 17.1 Å². The van der Waals surface area contributed by atoms with Gasteiger partial charge in [-0.25, -0.2) is 0 Å². The number of anilines is 1. The van der Waals surface area contributed by atoms with Crippen LogP contribution in [0.25, 0.3) is 0 Å². The van der Waals surface area contributed by atoms with Crippen LogP contribution in [-0.4, -0.2) is 20.7 Å². The Hall–Kier alpha value is -3.36. The predicted molar refractivity (Wildman–Crippen MR) is 76.7 cm³/mol. The van der Waals surface area contributed by atoms with Crippen LogP contribution >= 0.6 is 0 Å². The number of carbonyl (C=O) groups is 1. The lowest BCUT2D eigenvalue weighted by Gasteiger charge is -2.08. The third-order valence-corrected chi connectivity index (χ3v) is 2.96. The average molecular weight is 302 g/mol. The van der Waals surface area contributed by atoms with Crippen LogP contribution in [0.5, 0.6) is 0 Å². The van der Waals surface area contributed by atoms with Crippen molar-refractivity contribution in [2.24, 2.45) is 0 Å². The Balaban J connectivity index is 2.47. The van der Waals surface area contributed by atoms with Crippen LogP contribution in [0.2, 0.25) is 0 Å². The van der Waals surface area contributed by atoms with Gasteiger partial charge in [-0.15, -0.1) is 0 Å². The molecule has 22 heavy (non-hydrogen) atoms. The van der Waals surface area contributed by atoms with Gasteiger partial charge in [0.1, 0.15) is 0 Å². The monoisotopic (exact) mass is 302 g/mol. The van der Waals surface area contributed by atoms with Gasteiger partial charge in [0.2, 0.25) is 0 Å². The van der Waals surface area contributed by atoms with Gasteiger partial charge >= 0.3 is 0 Å². The first-order valence-corrected chi connectivity index (χ1v) is 6.05. The minimum atomic E-state index is -0.782. The molecule has 1 heterocycles. The van der Waals surface area contributed by atoms with Gasteiger partial charge in [-0.05, 0) is 19.1 Å². The Morgan fingerprint density at radius 2 is 1.77 bits per heavy atom. The van der Waals surface area contributed by atoms with Crippen molar-refractivity contribution in [3.05, 3.63) is 68.0 Å². The lowest BCUT2D eigenvalue weighted by atomic mass is 10.0. The largest absolute Gasteiger partial charge is 0.322 e. The zero-order valence-corrected chi connectivity index (χ0v) is 11.3. The summed E-state index contributed by atoms with van der Waals surface area (Å²) in [6.45, 7) is 1.36. The molecule has 9 nitrogen and oxygen atoms in total. The maximum atomic E-state index is 12.2. The fourth-order valence-electron chi connectivity index (χ4n) is 1.85. The molecule has 112 valence electrons. The number of hydrogen-bond donors (Lipinski definition) is 1. The zero-order chi connectivity index (χ0) is 16.3. The molecule has 0 unspecified atom stereocenters. The number of hydrogen-bond acceptors (Lipinski definition) is 6. The van der Waals surface area contributed by atoms with Crippen molar-refractivity contribution in [2.45, 2.75) is 6.92 Å². The van der Waals surface area contributed by atoms with Crippen LogP contribution < -0.4 is 5.32 Å². The molecule has 0 saturated carbocycles. The number of nitrogens with one attached hydrogen (secondary N) is 1. The third-order valence-electron chi connectivity index (χ3n) is 2.96. The number of amides is 1. The fourth-order valence-corrected chi connectivity index (χ4v) is 1.85. The van der Waals surface area contributed by atoms with E-state index in [1.807, 2.05) is 0 Å². The normalized spacial score (nSPS) is 10.0. The van der Waals surface area contributed by atoms with Gasteiger partial charge < -0.3 is 5.32 Å². The van der Waals surface area contributed by atoms with Crippen molar-refractivity contribution in [1.82, 2.24) is 4.98 Å². The SMILES string of the molecule is Cc1c(C(=O)Nc2ccncc2)cc([N+](=O)[O-])cc1[N+](=O)[O-]. The Morgan fingerprint density at radius 1 is 1.14 bits per heavy atom. The molecule has 1 aromatic heterocycles. The van der Waals surface area contributed by atoms with E-state index in [-0.39, 0.29) is 11.1 Å². The van der Waals surface area contributed by atoms with Crippen molar-refractivity contribution >= 4 is 23.0 Å². The molecule has 0 aliphatic rings. The number of benzene rings is 1. The van der Waals surface area contributed by atoms with E-state index in [4.69, 9.17) is 0 Å². The van der Waals surface area contributed by atoms with Crippen molar-refractivity contribution in [3.63, 3.8) is 0 Å². The Bertz CT molecular complexity index is 761. The van der Waals surface area contributed by atoms with E-state index in [1.165, 1.54) is 31.5 Å². The summed E-state index contributed by atoms with van der Waals surface area (Å²) < 4.78 is 0. The summed E-state index contributed by atoms with van der Waals surface area (Å²) in [4.78, 5) is 36.3. The molecule has 1 aromatic carbocycles. The molecule has 0 spiro atoms. The second kappa shape index (κ2) is 5.95. The van der Waals surface area contributed by atoms with Gasteiger partial charge in [0.25, 0.3) is 17.3 Å². The molecule has 0 fully saturated rings. The first-order valence-electron chi connectivity index (χ1n) is 6.05. The van der Waals surface area contributed by atoms with Crippen LogP contribution in [0, 0.1) is 27.2 Å². The minimum Gasteiger partial charge on any atom is -0.322 e. The summed E-state index contributed by atoms with van der Waals surface area (Å²) >= 11 is 0. The maximum absolute atomic E-state index is 12.2. The second-order valence-electron chi connectivity index (χ2n) is 4.34. The number of nitrogens with zero attached hydrogens (tertiary/aromatic N) is 3. The molecular formula is C13H10N4O5. The third kappa shape index (κ3) is 3.03. The molecule has 1 N–H and O–H groups in total. The summed E-state index contributed by atoms with van der Waals surface area (Å²) in [5.74, 6) is -0.671. The first kappa shape index (κ1) is 15.0. The molecular weight excluding hydrogens is 292 g/mol. The smallest absolute Gasteiger partial charge is 0.279 e. The maximum Gasteiger partial charge on any atom is 0.279 e. The highest BCUT2D eigenvalue weighted by atomic mass is 16.6. The highest BCUT2D eigenvalue weighted by Gasteiger charge is 2.24. The molecule has 2 aromatic rings. The van der Waals surface area contributed by atoms with Crippen LogP contribution in [0.3, 0.4) is 0 Å². The Morgan fingerprint density at radius 3 is 2.32 bits per heavy atom. The molecule has 9 heteroatoms. The van der Waals surface area contributed by atoms with E-state index < -0.39 is 27.1 Å². The van der Waals surface area contributed by atoms with Crippen molar-refractivity contribution in [1.29, 1.82) is 0 Å². The van der Waals surface area contributed by atoms with Crippen LogP contribution in [0.15, 0.2) is 36.7 Å². The lowest BCUT2D eigenvalue weighted by molar-refractivity contribution is -0.394. The predicted octanol–water partition coefficient (Wildman–Crippen LogP) is 2.46. The fraction of sp³-hybridized carbons (Fsp3) is 0.0769. The average Bonchev–Trinajstić information content (AvgIpc) is 2.47. The molecule has 0 aliphatic heterocycles. The number of aromatic nitrogens is 1. The van der Waals surface area contributed by atoms with Gasteiger partial charge in [-0.2, -0.15) is 0 Å². The first-order chi connectivity index (χ1) is 10.4. The molecule has 0 aliphatic carbocycles. The van der Waals surface area contributed by atoms with Crippen LogP contribution in [0.1, 0.15) is 15.9 Å². The number of non-ortho nitro benzene ring substituents is 1. The van der Waals surface area contributed by atoms with Gasteiger partial charge in [-0.1, -0.05) is 0 Å². The van der Waals surface area contributed by atoms with E-state index in [1.54, 1.807) is 0 Å². The summed E-state index contributed by atoms with van der Waals surface area (Å²) in [6, 6.07) is 4.90. The molecule has 1 amide bonds. The Kier molecular flexibility index (Phi) is 4.07. The standard InChI is InChI=1S/C13H10N4O5/c1-8-11(13(18)15-9-2-4-14-5-3-9)6-10(16(19)20)7-12(8)17(21)22/h2-7H,1H3,(H,14,15,18). The van der Waals surface area contributed by atoms with E-state index in [0.29, 0.717) is 5.69 Å². The van der Waals surface area contributed by atoms with Crippen molar-refractivity contribution in [2.75, 3.05) is 5.32 Å². The van der Waals surface area contributed by atoms with Gasteiger partial charge in [0.05, 0.1) is 21.5 Å². The number of pyridine rings is 1. The van der Waals surface area contributed by atoms with E-state index in [0.717, 1.165) is 12.1 Å². The van der Waals surface area contributed by atoms with Gasteiger partial charge in [0.15, 0.2) is 0 Å². The molecule has 0 bridgehead atoms. The molecule has 2 rings (SSSR count). The zero-order valence-electron chi connectivity index (χ0n) is 11.3. The minimum absolute atomic E-state index is 0.0576. The number of rotatable bonds is 4. The summed E-state index contributed by atoms with van der Waals surface area (Å²) in [7, 11) is 0. The van der Waals surface area contributed by atoms with Gasteiger partial charge in [0, 0.05) is 29.7 Å². The van der Waals surface area contributed by atoms with Crippen molar-refractivity contribution in [3.8, 4) is 0 Å². The molecule has 0 radical (unpaired) electrons. The second-order valence-corrected chi connectivity index (χ2v) is 4.34. The van der Waals surface area contributed by atoms with E-state index in [9.17, 15) is 25.0 Å². The summed E-state index contributed by atoms with van der Waals surface area (Å²) in [5, 5.41) is 24.3. The van der Waals surface area contributed by atoms with E-state index >= 15 is 0 Å². The summed E-state index contributed by atoms with van der Waals surface area (Å²) in [6.07, 6.45) is 2.91. The lowest BCUT2D eigenvalue weighted by Crippen LogP contribution is -2.14. The quantitative estimate of drug-likeness (QED) is 0.682.